The highest BCUT2D eigenvalue weighted by molar-refractivity contribution is 6.12. The van der Waals surface area contributed by atoms with E-state index >= 15 is 0 Å². The number of hydrogen-bond donors (Lipinski definition) is 2. The molecule has 3 heterocycles. The fourth-order valence-corrected chi connectivity index (χ4v) is 2.95. The molecule has 1 amide bonds. The molecule has 24 heavy (non-hydrogen) atoms. The van der Waals surface area contributed by atoms with Crippen molar-refractivity contribution < 1.29 is 9.32 Å². The highest BCUT2D eigenvalue weighted by Crippen LogP contribution is 2.24. The first kappa shape index (κ1) is 14.4. The second-order valence-corrected chi connectivity index (χ2v) is 5.97. The zero-order valence-corrected chi connectivity index (χ0v) is 13.6. The average Bonchev–Trinajstić information content (AvgIpc) is 3.08. The SMILES string of the molecule is Cc1cc(C(=O)Nc2ccc3[nH]c(C)cc3c2)c2c(C)noc2n1. The third kappa shape index (κ3) is 2.32. The van der Waals surface area contributed by atoms with Gasteiger partial charge in [0.25, 0.3) is 11.6 Å². The van der Waals surface area contributed by atoms with Crippen LogP contribution in [0.5, 0.6) is 0 Å². The highest BCUT2D eigenvalue weighted by atomic mass is 16.5. The number of H-pyrrole nitrogens is 1. The van der Waals surface area contributed by atoms with E-state index in [0.29, 0.717) is 28.1 Å². The number of benzene rings is 1. The number of aryl methyl sites for hydroxylation is 3. The van der Waals surface area contributed by atoms with Crippen molar-refractivity contribution in [1.29, 1.82) is 0 Å². The van der Waals surface area contributed by atoms with Gasteiger partial charge in [0.1, 0.15) is 0 Å². The average molecular weight is 320 g/mol. The van der Waals surface area contributed by atoms with Gasteiger partial charge in [-0.3, -0.25) is 4.79 Å². The third-order valence-corrected chi connectivity index (χ3v) is 4.00. The molecule has 0 fully saturated rings. The van der Waals surface area contributed by atoms with Crippen LogP contribution in [-0.2, 0) is 0 Å². The van der Waals surface area contributed by atoms with Gasteiger partial charge in [-0.05, 0) is 51.1 Å². The number of nitrogens with one attached hydrogen (secondary N) is 2. The van der Waals surface area contributed by atoms with Crippen molar-refractivity contribution in [3.63, 3.8) is 0 Å². The number of aromatic nitrogens is 3. The first-order valence-corrected chi connectivity index (χ1v) is 7.65. The monoisotopic (exact) mass is 320 g/mol. The summed E-state index contributed by atoms with van der Waals surface area (Å²) in [6.45, 7) is 5.63. The van der Waals surface area contributed by atoms with E-state index in [1.165, 1.54) is 0 Å². The lowest BCUT2D eigenvalue weighted by Gasteiger charge is -2.07. The van der Waals surface area contributed by atoms with E-state index in [1.807, 2.05) is 38.1 Å². The molecule has 2 N–H and O–H groups in total. The van der Waals surface area contributed by atoms with E-state index in [4.69, 9.17) is 4.52 Å². The molecular formula is C18H16N4O2. The summed E-state index contributed by atoms with van der Waals surface area (Å²) in [5.74, 6) is -0.205. The number of carbonyl (C=O) groups excluding carboxylic acids is 1. The van der Waals surface area contributed by atoms with Crippen LogP contribution in [0.4, 0.5) is 5.69 Å². The number of pyridine rings is 1. The smallest absolute Gasteiger partial charge is 0.258 e. The second kappa shape index (κ2) is 5.19. The summed E-state index contributed by atoms with van der Waals surface area (Å²) < 4.78 is 5.19. The Balaban J connectivity index is 1.74. The predicted octanol–water partition coefficient (Wildman–Crippen LogP) is 3.88. The van der Waals surface area contributed by atoms with E-state index in [9.17, 15) is 4.79 Å². The molecule has 0 bridgehead atoms. The van der Waals surface area contributed by atoms with Crippen molar-refractivity contribution >= 4 is 33.6 Å². The van der Waals surface area contributed by atoms with Gasteiger partial charge in [-0.2, -0.15) is 0 Å². The molecule has 0 aliphatic carbocycles. The molecule has 4 aromatic rings. The van der Waals surface area contributed by atoms with Crippen molar-refractivity contribution in [1.82, 2.24) is 15.1 Å². The Morgan fingerprint density at radius 3 is 2.83 bits per heavy atom. The number of carbonyl (C=O) groups is 1. The van der Waals surface area contributed by atoms with Gasteiger partial charge < -0.3 is 14.8 Å². The Morgan fingerprint density at radius 2 is 2.00 bits per heavy atom. The maximum absolute atomic E-state index is 12.8. The first-order valence-electron chi connectivity index (χ1n) is 7.65. The molecule has 6 nitrogen and oxygen atoms in total. The first-order chi connectivity index (χ1) is 11.5. The largest absolute Gasteiger partial charge is 0.359 e. The molecule has 0 saturated heterocycles. The molecule has 3 aromatic heterocycles. The van der Waals surface area contributed by atoms with Gasteiger partial charge >= 0.3 is 0 Å². The number of rotatable bonds is 2. The fourth-order valence-electron chi connectivity index (χ4n) is 2.95. The van der Waals surface area contributed by atoms with Crippen LogP contribution in [0.3, 0.4) is 0 Å². The number of hydrogen-bond acceptors (Lipinski definition) is 4. The van der Waals surface area contributed by atoms with E-state index in [1.54, 1.807) is 13.0 Å². The summed E-state index contributed by atoms with van der Waals surface area (Å²) in [6, 6.07) is 9.57. The van der Waals surface area contributed by atoms with E-state index in [2.05, 4.69) is 20.4 Å². The molecule has 1 aromatic carbocycles. The van der Waals surface area contributed by atoms with Gasteiger partial charge in [-0.15, -0.1) is 0 Å². The minimum atomic E-state index is -0.205. The minimum absolute atomic E-state index is 0.205. The molecule has 120 valence electrons. The van der Waals surface area contributed by atoms with Crippen molar-refractivity contribution in [2.45, 2.75) is 20.8 Å². The van der Waals surface area contributed by atoms with Crippen LogP contribution >= 0.6 is 0 Å². The van der Waals surface area contributed by atoms with Crippen LogP contribution in [0.2, 0.25) is 0 Å². The highest BCUT2D eigenvalue weighted by Gasteiger charge is 2.18. The van der Waals surface area contributed by atoms with Crippen molar-refractivity contribution in [2.75, 3.05) is 5.32 Å². The Kier molecular flexibility index (Phi) is 3.13. The molecule has 4 rings (SSSR count). The maximum Gasteiger partial charge on any atom is 0.258 e. The Hall–Kier alpha value is -3.15. The van der Waals surface area contributed by atoms with Gasteiger partial charge in [-0.1, -0.05) is 5.16 Å². The van der Waals surface area contributed by atoms with Gasteiger partial charge in [0.15, 0.2) is 0 Å². The van der Waals surface area contributed by atoms with Gasteiger partial charge in [0.05, 0.1) is 16.6 Å². The predicted molar refractivity (Wildman–Crippen MR) is 92.3 cm³/mol. The van der Waals surface area contributed by atoms with Crippen LogP contribution in [0.25, 0.3) is 22.0 Å². The molecule has 0 radical (unpaired) electrons. The quantitative estimate of drug-likeness (QED) is 0.587. The molecule has 0 spiro atoms. The second-order valence-electron chi connectivity index (χ2n) is 5.97. The van der Waals surface area contributed by atoms with Crippen molar-refractivity contribution in [2.24, 2.45) is 0 Å². The zero-order valence-electron chi connectivity index (χ0n) is 13.6. The lowest BCUT2D eigenvalue weighted by atomic mass is 10.1. The Bertz CT molecular complexity index is 1090. The third-order valence-electron chi connectivity index (χ3n) is 4.00. The van der Waals surface area contributed by atoms with Gasteiger partial charge in [-0.25, -0.2) is 4.98 Å². The molecule has 6 heteroatoms. The standard InChI is InChI=1S/C18H16N4O2/c1-9-6-12-8-13(4-5-15(12)19-9)21-17(23)14-7-10(2)20-18-16(14)11(3)22-24-18/h4-8,19H,1-3H3,(H,21,23). The fraction of sp³-hybridized carbons (Fsp3) is 0.167. The maximum atomic E-state index is 12.8. The lowest BCUT2D eigenvalue weighted by Crippen LogP contribution is -2.13. The summed E-state index contributed by atoms with van der Waals surface area (Å²) in [5.41, 5.74) is 5.13. The van der Waals surface area contributed by atoms with E-state index in [-0.39, 0.29) is 5.91 Å². The minimum Gasteiger partial charge on any atom is -0.359 e. The summed E-state index contributed by atoms with van der Waals surface area (Å²) in [7, 11) is 0. The zero-order chi connectivity index (χ0) is 16.8. The molecular weight excluding hydrogens is 304 g/mol. The summed E-state index contributed by atoms with van der Waals surface area (Å²) >= 11 is 0. The van der Waals surface area contributed by atoms with Gasteiger partial charge in [0, 0.05) is 28.0 Å². The van der Waals surface area contributed by atoms with Crippen molar-refractivity contribution in [3.05, 3.63) is 53.0 Å². The number of nitrogens with zero attached hydrogens (tertiary/aromatic N) is 2. The Morgan fingerprint density at radius 1 is 1.17 bits per heavy atom. The van der Waals surface area contributed by atoms with Crippen LogP contribution in [-0.4, -0.2) is 21.0 Å². The summed E-state index contributed by atoms with van der Waals surface area (Å²) in [4.78, 5) is 20.3. The van der Waals surface area contributed by atoms with Crippen molar-refractivity contribution in [3.8, 4) is 0 Å². The molecule has 0 saturated carbocycles. The molecule has 0 aliphatic heterocycles. The Labute approximate surface area is 137 Å². The molecule has 0 aliphatic rings. The summed E-state index contributed by atoms with van der Waals surface area (Å²) in [5, 5.41) is 8.56. The van der Waals surface area contributed by atoms with E-state index in [0.717, 1.165) is 22.3 Å². The summed E-state index contributed by atoms with van der Waals surface area (Å²) in [6.07, 6.45) is 0. The van der Waals surface area contributed by atoms with Crippen LogP contribution in [0.15, 0.2) is 34.9 Å². The number of fused-ring (bicyclic) bond motifs is 2. The number of anilines is 1. The van der Waals surface area contributed by atoms with Crippen LogP contribution < -0.4 is 5.32 Å². The number of amides is 1. The molecule has 0 atom stereocenters. The van der Waals surface area contributed by atoms with E-state index < -0.39 is 0 Å². The van der Waals surface area contributed by atoms with Crippen LogP contribution in [0, 0.1) is 20.8 Å². The van der Waals surface area contributed by atoms with Gasteiger partial charge in [0.2, 0.25) is 0 Å². The normalized spacial score (nSPS) is 11.3. The lowest BCUT2D eigenvalue weighted by molar-refractivity contribution is 0.102. The topological polar surface area (TPSA) is 83.8 Å². The molecule has 0 unspecified atom stereocenters. The number of aromatic amines is 1. The van der Waals surface area contributed by atoms with Crippen LogP contribution in [0.1, 0.15) is 27.4 Å².